The first kappa shape index (κ1) is 23.9. The van der Waals surface area contributed by atoms with Crippen molar-refractivity contribution in [3.63, 3.8) is 0 Å². The first-order valence-corrected chi connectivity index (χ1v) is 12.0. The summed E-state index contributed by atoms with van der Waals surface area (Å²) >= 11 is 5.97. The summed E-state index contributed by atoms with van der Waals surface area (Å²) in [4.78, 5) is 48.7. The molecule has 1 aromatic carbocycles. The van der Waals surface area contributed by atoms with Gasteiger partial charge in [-0.1, -0.05) is 17.7 Å². The quantitative estimate of drug-likeness (QED) is 0.303. The Bertz CT molecular complexity index is 1600. The molecule has 0 spiro atoms. The van der Waals surface area contributed by atoms with Crippen LogP contribution in [0.1, 0.15) is 40.5 Å². The largest absolute Gasteiger partial charge is 0.462 e. The van der Waals surface area contributed by atoms with E-state index in [1.54, 1.807) is 60.2 Å². The molecular weight excluding hydrogens is 484 g/mol. The number of pyridine rings is 2. The fourth-order valence-corrected chi connectivity index (χ4v) is 4.40. The molecule has 0 N–H and O–H groups in total. The number of carbonyl (C=O) groups excluding carboxylic acids is 2. The Labute approximate surface area is 210 Å². The van der Waals surface area contributed by atoms with Crippen LogP contribution in [0.15, 0.2) is 64.5 Å². The second-order valence-corrected chi connectivity index (χ2v) is 8.79. The maximum atomic E-state index is 13.4. The van der Waals surface area contributed by atoms with Gasteiger partial charge in [-0.05, 0) is 62.2 Å². The van der Waals surface area contributed by atoms with E-state index in [0.29, 0.717) is 28.5 Å². The second kappa shape index (κ2) is 10.0. The minimum Gasteiger partial charge on any atom is -0.462 e. The number of esters is 1. The SMILES string of the molecule is CCOC(=O)c1cc2c(=O)n3ccccc3nc2n(CC2CCCO2)c1=NC(=O)c1ccc(Cl)cc1. The van der Waals surface area contributed by atoms with Crippen LogP contribution < -0.4 is 11.0 Å². The third-order valence-corrected chi connectivity index (χ3v) is 6.25. The number of halogens is 1. The molecule has 0 saturated carbocycles. The highest BCUT2D eigenvalue weighted by Crippen LogP contribution is 2.18. The molecule has 0 bridgehead atoms. The van der Waals surface area contributed by atoms with Crippen LogP contribution in [-0.4, -0.2) is 45.1 Å². The zero-order valence-electron chi connectivity index (χ0n) is 19.5. The summed E-state index contributed by atoms with van der Waals surface area (Å²) in [6, 6.07) is 12.9. The monoisotopic (exact) mass is 506 g/mol. The minimum absolute atomic E-state index is 0.000517. The molecule has 1 aliphatic heterocycles. The maximum Gasteiger partial charge on any atom is 0.341 e. The molecule has 1 aliphatic rings. The summed E-state index contributed by atoms with van der Waals surface area (Å²) in [5, 5.41) is 0.687. The lowest BCUT2D eigenvalue weighted by molar-refractivity contribution is 0.0521. The molecule has 36 heavy (non-hydrogen) atoms. The molecule has 4 heterocycles. The normalized spacial score (nSPS) is 16.1. The summed E-state index contributed by atoms with van der Waals surface area (Å²) in [5.74, 6) is -1.27. The number of aromatic nitrogens is 3. The third-order valence-electron chi connectivity index (χ3n) is 5.99. The zero-order chi connectivity index (χ0) is 25.2. The van der Waals surface area contributed by atoms with Crippen molar-refractivity contribution in [1.29, 1.82) is 0 Å². The van der Waals surface area contributed by atoms with E-state index >= 15 is 0 Å². The molecule has 1 amide bonds. The van der Waals surface area contributed by atoms with Gasteiger partial charge in [0.05, 0.1) is 24.6 Å². The molecule has 1 saturated heterocycles. The van der Waals surface area contributed by atoms with E-state index < -0.39 is 11.9 Å². The van der Waals surface area contributed by atoms with E-state index in [0.717, 1.165) is 12.8 Å². The maximum absolute atomic E-state index is 13.4. The van der Waals surface area contributed by atoms with Gasteiger partial charge in [0, 0.05) is 23.4 Å². The third kappa shape index (κ3) is 4.55. The van der Waals surface area contributed by atoms with E-state index in [2.05, 4.69) is 4.99 Å². The molecule has 0 aliphatic carbocycles. The Morgan fingerprint density at radius 3 is 2.75 bits per heavy atom. The number of hydrogen-bond donors (Lipinski definition) is 0. The Balaban J connectivity index is 1.85. The lowest BCUT2D eigenvalue weighted by Gasteiger charge is -2.18. The summed E-state index contributed by atoms with van der Waals surface area (Å²) in [5.41, 5.74) is 0.734. The van der Waals surface area contributed by atoms with Gasteiger partial charge in [0.2, 0.25) is 0 Å². The first-order valence-electron chi connectivity index (χ1n) is 11.6. The standard InChI is InChI=1S/C26H23ClN4O5/c1-2-35-26(34)20-14-19-22(28-21-7-3-4-12-30(21)25(19)33)31(15-18-6-5-13-36-18)23(20)29-24(32)16-8-10-17(27)11-9-16/h3-4,7-12,14,18H,2,5-6,13,15H2,1H3. The average molecular weight is 507 g/mol. The molecule has 3 aromatic heterocycles. The van der Waals surface area contributed by atoms with Gasteiger partial charge in [-0.3, -0.25) is 14.0 Å². The summed E-state index contributed by atoms with van der Waals surface area (Å²) < 4.78 is 14.1. The fourth-order valence-electron chi connectivity index (χ4n) is 4.28. The number of hydrogen-bond acceptors (Lipinski definition) is 6. The Morgan fingerprint density at radius 2 is 2.03 bits per heavy atom. The molecule has 1 atom stereocenters. The van der Waals surface area contributed by atoms with Crippen molar-refractivity contribution in [1.82, 2.24) is 14.0 Å². The van der Waals surface area contributed by atoms with E-state index in [-0.39, 0.29) is 41.3 Å². The highest BCUT2D eigenvalue weighted by Gasteiger charge is 2.24. The number of amides is 1. The topological polar surface area (TPSA) is 104 Å². The molecule has 0 radical (unpaired) electrons. The van der Waals surface area contributed by atoms with E-state index in [9.17, 15) is 14.4 Å². The van der Waals surface area contributed by atoms with Crippen LogP contribution >= 0.6 is 11.6 Å². The number of benzene rings is 1. The second-order valence-electron chi connectivity index (χ2n) is 8.35. The van der Waals surface area contributed by atoms with Gasteiger partial charge < -0.3 is 14.0 Å². The number of ether oxygens (including phenoxy) is 2. The van der Waals surface area contributed by atoms with Crippen LogP contribution in [0.4, 0.5) is 0 Å². The van der Waals surface area contributed by atoms with E-state index in [4.69, 9.17) is 26.1 Å². The van der Waals surface area contributed by atoms with Gasteiger partial charge >= 0.3 is 5.97 Å². The van der Waals surface area contributed by atoms with Crippen molar-refractivity contribution in [2.45, 2.75) is 32.4 Å². The van der Waals surface area contributed by atoms with E-state index in [1.165, 1.54) is 10.5 Å². The van der Waals surface area contributed by atoms with Crippen molar-refractivity contribution in [2.75, 3.05) is 13.2 Å². The van der Waals surface area contributed by atoms with Gasteiger partial charge in [-0.2, -0.15) is 4.99 Å². The number of fused-ring (bicyclic) bond motifs is 2. The summed E-state index contributed by atoms with van der Waals surface area (Å²) in [6.45, 7) is 2.66. The number of carbonyl (C=O) groups is 2. The van der Waals surface area contributed by atoms with Crippen LogP contribution in [0.3, 0.4) is 0 Å². The van der Waals surface area contributed by atoms with Crippen molar-refractivity contribution in [3.05, 3.63) is 86.7 Å². The van der Waals surface area contributed by atoms with E-state index in [1.807, 2.05) is 0 Å². The van der Waals surface area contributed by atoms with Crippen molar-refractivity contribution in [3.8, 4) is 0 Å². The van der Waals surface area contributed by atoms with Crippen LogP contribution in [-0.2, 0) is 16.0 Å². The number of rotatable bonds is 5. The van der Waals surface area contributed by atoms with Crippen molar-refractivity contribution < 1.29 is 19.1 Å². The fraction of sp³-hybridized carbons (Fsp3) is 0.269. The lowest BCUT2D eigenvalue weighted by atomic mass is 10.1. The molecular formula is C26H23ClN4O5. The van der Waals surface area contributed by atoms with Crippen molar-refractivity contribution in [2.24, 2.45) is 4.99 Å². The molecule has 9 nitrogen and oxygen atoms in total. The molecule has 1 unspecified atom stereocenters. The van der Waals surface area contributed by atoms with Crippen LogP contribution in [0.2, 0.25) is 5.02 Å². The van der Waals surface area contributed by atoms with Crippen LogP contribution in [0.5, 0.6) is 0 Å². The Hall–Kier alpha value is -3.82. The Morgan fingerprint density at radius 1 is 1.22 bits per heavy atom. The van der Waals surface area contributed by atoms with Gasteiger partial charge in [0.15, 0.2) is 5.49 Å². The van der Waals surface area contributed by atoms with Gasteiger partial charge in [0.1, 0.15) is 16.9 Å². The molecule has 4 aromatic rings. The molecule has 184 valence electrons. The molecule has 1 fully saturated rings. The lowest BCUT2D eigenvalue weighted by Crippen LogP contribution is -2.35. The highest BCUT2D eigenvalue weighted by molar-refractivity contribution is 6.30. The summed E-state index contributed by atoms with van der Waals surface area (Å²) in [6.07, 6.45) is 3.10. The smallest absolute Gasteiger partial charge is 0.341 e. The van der Waals surface area contributed by atoms with Crippen LogP contribution in [0.25, 0.3) is 16.7 Å². The van der Waals surface area contributed by atoms with Gasteiger partial charge in [0.25, 0.3) is 11.5 Å². The highest BCUT2D eigenvalue weighted by atomic mass is 35.5. The average Bonchev–Trinajstić information content (AvgIpc) is 3.39. The van der Waals surface area contributed by atoms with Crippen molar-refractivity contribution >= 4 is 40.2 Å². The van der Waals surface area contributed by atoms with Crippen LogP contribution in [0, 0.1) is 0 Å². The van der Waals surface area contributed by atoms with Gasteiger partial charge in [-0.15, -0.1) is 0 Å². The Kier molecular flexibility index (Phi) is 6.67. The first-order chi connectivity index (χ1) is 17.5. The zero-order valence-corrected chi connectivity index (χ0v) is 20.3. The number of nitrogens with zero attached hydrogens (tertiary/aromatic N) is 4. The predicted octanol–water partition coefficient (Wildman–Crippen LogP) is 3.40. The molecule has 10 heteroatoms. The van der Waals surface area contributed by atoms with Gasteiger partial charge in [-0.25, -0.2) is 9.78 Å². The molecule has 5 rings (SSSR count). The summed E-state index contributed by atoms with van der Waals surface area (Å²) in [7, 11) is 0. The minimum atomic E-state index is -0.694. The predicted molar refractivity (Wildman–Crippen MR) is 133 cm³/mol.